The summed E-state index contributed by atoms with van der Waals surface area (Å²) in [4.78, 5) is 8.77. The van der Waals surface area contributed by atoms with Gasteiger partial charge in [0.15, 0.2) is 5.82 Å². The van der Waals surface area contributed by atoms with Gasteiger partial charge in [0.2, 0.25) is 0 Å². The van der Waals surface area contributed by atoms with Gasteiger partial charge in [-0.1, -0.05) is 32.0 Å². The summed E-state index contributed by atoms with van der Waals surface area (Å²) in [6.07, 6.45) is 7.22. The molecule has 0 saturated carbocycles. The third-order valence-corrected chi connectivity index (χ3v) is 3.30. The molecule has 0 radical (unpaired) electrons. The summed E-state index contributed by atoms with van der Waals surface area (Å²) in [6.45, 7) is 7.05. The molecule has 3 aromatic heterocycles. The van der Waals surface area contributed by atoms with E-state index in [4.69, 9.17) is 4.52 Å². The Morgan fingerprint density at radius 3 is 2.71 bits per heavy atom. The molecule has 0 saturated heterocycles. The summed E-state index contributed by atoms with van der Waals surface area (Å²) in [5.41, 5.74) is 2.85. The predicted octanol–water partition coefficient (Wildman–Crippen LogP) is 3.28. The molecule has 21 heavy (non-hydrogen) atoms. The van der Waals surface area contributed by atoms with E-state index in [1.54, 1.807) is 18.7 Å². The zero-order valence-electron chi connectivity index (χ0n) is 12.4. The van der Waals surface area contributed by atoms with E-state index in [2.05, 4.69) is 40.5 Å². The van der Waals surface area contributed by atoms with Crippen LogP contribution in [0.15, 0.2) is 47.6 Å². The van der Waals surface area contributed by atoms with Crippen LogP contribution in [0.3, 0.4) is 0 Å². The first-order valence-electron chi connectivity index (χ1n) is 6.92. The van der Waals surface area contributed by atoms with Crippen molar-refractivity contribution in [2.24, 2.45) is 0 Å². The third-order valence-electron chi connectivity index (χ3n) is 3.30. The molecular weight excluding hydrogens is 264 g/mol. The largest absolute Gasteiger partial charge is 0.364 e. The van der Waals surface area contributed by atoms with Crippen LogP contribution in [0.1, 0.15) is 32.0 Å². The lowest BCUT2D eigenvalue weighted by Crippen LogP contribution is -2.15. The molecule has 108 valence electrons. The Morgan fingerprint density at radius 1 is 1.14 bits per heavy atom. The van der Waals surface area contributed by atoms with Gasteiger partial charge in [-0.15, -0.1) is 0 Å². The molecule has 0 atom stereocenters. The second kappa shape index (κ2) is 5.16. The van der Waals surface area contributed by atoms with E-state index < -0.39 is 0 Å². The summed E-state index contributed by atoms with van der Waals surface area (Å²) in [5, 5.41) is 4.15. The van der Waals surface area contributed by atoms with E-state index in [1.807, 2.05) is 24.4 Å². The molecule has 0 aliphatic heterocycles. The van der Waals surface area contributed by atoms with Crippen LogP contribution in [-0.4, -0.2) is 19.7 Å². The minimum Gasteiger partial charge on any atom is -0.364 e. The van der Waals surface area contributed by atoms with Gasteiger partial charge in [0.05, 0.1) is 12.2 Å². The summed E-state index contributed by atoms with van der Waals surface area (Å²) in [7, 11) is 0. The molecule has 0 aliphatic rings. The predicted molar refractivity (Wildman–Crippen MR) is 79.8 cm³/mol. The normalized spacial score (nSPS) is 11.8. The highest BCUT2D eigenvalue weighted by molar-refractivity contribution is 5.49. The second-order valence-corrected chi connectivity index (χ2v) is 6.03. The first-order chi connectivity index (χ1) is 10.1. The van der Waals surface area contributed by atoms with Crippen molar-refractivity contribution in [3.63, 3.8) is 0 Å². The summed E-state index contributed by atoms with van der Waals surface area (Å²) < 4.78 is 7.23. The Hall–Kier alpha value is -2.43. The maximum Gasteiger partial charge on any atom is 0.158 e. The average molecular weight is 282 g/mol. The maximum absolute atomic E-state index is 5.17. The molecule has 0 amide bonds. The van der Waals surface area contributed by atoms with Gasteiger partial charge in [0.1, 0.15) is 12.0 Å². The van der Waals surface area contributed by atoms with Gasteiger partial charge in [-0.2, -0.15) is 0 Å². The van der Waals surface area contributed by atoms with Crippen molar-refractivity contribution < 1.29 is 4.52 Å². The van der Waals surface area contributed by atoms with Crippen LogP contribution in [-0.2, 0) is 12.0 Å². The summed E-state index contributed by atoms with van der Waals surface area (Å²) >= 11 is 0. The smallest absolute Gasteiger partial charge is 0.158 e. The fourth-order valence-corrected chi connectivity index (χ4v) is 2.34. The first kappa shape index (κ1) is 13.5. The molecule has 3 rings (SSSR count). The quantitative estimate of drug-likeness (QED) is 0.739. The van der Waals surface area contributed by atoms with E-state index in [0.29, 0.717) is 6.54 Å². The minimum absolute atomic E-state index is 0.0475. The Kier molecular flexibility index (Phi) is 3.33. The molecular formula is C16H18N4O. The lowest BCUT2D eigenvalue weighted by molar-refractivity contribution is 0.393. The first-order valence-corrected chi connectivity index (χ1v) is 6.92. The van der Waals surface area contributed by atoms with E-state index in [-0.39, 0.29) is 5.41 Å². The number of rotatable bonds is 3. The number of hydrogen-bond acceptors (Lipinski definition) is 4. The molecule has 5 nitrogen and oxygen atoms in total. The van der Waals surface area contributed by atoms with Gasteiger partial charge in [0, 0.05) is 29.6 Å². The molecule has 0 aromatic carbocycles. The second-order valence-electron chi connectivity index (χ2n) is 6.03. The zero-order valence-corrected chi connectivity index (χ0v) is 12.4. The number of pyridine rings is 1. The van der Waals surface area contributed by atoms with Gasteiger partial charge < -0.3 is 9.09 Å². The molecule has 0 unspecified atom stereocenters. The van der Waals surface area contributed by atoms with Crippen LogP contribution >= 0.6 is 0 Å². The fraction of sp³-hybridized carbons (Fsp3) is 0.312. The standard InChI is InChI=1S/C16H18N4O/c1-16(2,3)14-12(11-21-19-14)10-20-9-8-18-15(20)13-6-4-5-7-17-13/h4-9,11H,10H2,1-3H3. The zero-order chi connectivity index (χ0) is 14.9. The SMILES string of the molecule is CC(C)(C)c1nocc1Cn1ccnc1-c1ccccn1. The molecule has 5 heteroatoms. The Bertz CT molecular complexity index is 722. The maximum atomic E-state index is 5.17. The van der Waals surface area contributed by atoms with Crippen molar-refractivity contribution in [2.75, 3.05) is 0 Å². The van der Waals surface area contributed by atoms with Crippen molar-refractivity contribution in [3.8, 4) is 11.5 Å². The van der Waals surface area contributed by atoms with Crippen molar-refractivity contribution >= 4 is 0 Å². The van der Waals surface area contributed by atoms with Gasteiger partial charge in [-0.25, -0.2) is 4.98 Å². The van der Waals surface area contributed by atoms with Crippen LogP contribution in [0.4, 0.5) is 0 Å². The molecule has 0 N–H and O–H groups in total. The Morgan fingerprint density at radius 2 is 2.00 bits per heavy atom. The van der Waals surface area contributed by atoms with Crippen LogP contribution in [0.25, 0.3) is 11.5 Å². The highest BCUT2D eigenvalue weighted by Crippen LogP contribution is 2.26. The van der Waals surface area contributed by atoms with Crippen molar-refractivity contribution in [2.45, 2.75) is 32.7 Å². The van der Waals surface area contributed by atoms with E-state index in [0.717, 1.165) is 22.8 Å². The molecule has 0 spiro atoms. The van der Waals surface area contributed by atoms with Crippen molar-refractivity contribution in [1.29, 1.82) is 0 Å². The van der Waals surface area contributed by atoms with E-state index >= 15 is 0 Å². The minimum atomic E-state index is -0.0475. The van der Waals surface area contributed by atoms with E-state index in [9.17, 15) is 0 Å². The lowest BCUT2D eigenvalue weighted by Gasteiger charge is -2.17. The van der Waals surface area contributed by atoms with Crippen LogP contribution in [0.2, 0.25) is 0 Å². The monoisotopic (exact) mass is 282 g/mol. The van der Waals surface area contributed by atoms with Gasteiger partial charge in [-0.05, 0) is 12.1 Å². The number of aromatic nitrogens is 4. The average Bonchev–Trinajstić information content (AvgIpc) is 3.08. The van der Waals surface area contributed by atoms with Crippen LogP contribution in [0, 0.1) is 0 Å². The Labute approximate surface area is 123 Å². The molecule has 3 aromatic rings. The van der Waals surface area contributed by atoms with E-state index in [1.165, 1.54) is 0 Å². The van der Waals surface area contributed by atoms with Crippen molar-refractivity contribution in [1.82, 2.24) is 19.7 Å². The van der Waals surface area contributed by atoms with Gasteiger partial charge >= 0.3 is 0 Å². The number of nitrogens with zero attached hydrogens (tertiary/aromatic N) is 4. The highest BCUT2D eigenvalue weighted by Gasteiger charge is 2.22. The highest BCUT2D eigenvalue weighted by atomic mass is 16.5. The van der Waals surface area contributed by atoms with Crippen LogP contribution in [0.5, 0.6) is 0 Å². The Balaban J connectivity index is 1.95. The fourth-order valence-electron chi connectivity index (χ4n) is 2.34. The molecule has 0 bridgehead atoms. The molecule has 0 fully saturated rings. The number of imidazole rings is 1. The number of hydrogen-bond donors (Lipinski definition) is 0. The molecule has 3 heterocycles. The van der Waals surface area contributed by atoms with Gasteiger partial charge in [0.25, 0.3) is 0 Å². The molecule has 0 aliphatic carbocycles. The summed E-state index contributed by atoms with van der Waals surface area (Å²) in [6, 6.07) is 5.81. The summed E-state index contributed by atoms with van der Waals surface area (Å²) in [5.74, 6) is 0.844. The third kappa shape index (κ3) is 2.72. The van der Waals surface area contributed by atoms with Crippen molar-refractivity contribution in [3.05, 3.63) is 54.3 Å². The topological polar surface area (TPSA) is 56.7 Å². The lowest BCUT2D eigenvalue weighted by atomic mass is 9.89. The van der Waals surface area contributed by atoms with Gasteiger partial charge in [-0.3, -0.25) is 4.98 Å². The van der Waals surface area contributed by atoms with Crippen LogP contribution < -0.4 is 0 Å².